The number of nitrogens with one attached hydrogen (secondary N) is 1. The van der Waals surface area contributed by atoms with Crippen LogP contribution in [0.15, 0.2) is 22.1 Å². The van der Waals surface area contributed by atoms with Crippen LogP contribution in [0.3, 0.4) is 0 Å². The van der Waals surface area contributed by atoms with Crippen LogP contribution in [0.2, 0.25) is 5.15 Å². The van der Waals surface area contributed by atoms with Gasteiger partial charge in [0.2, 0.25) is 0 Å². The number of hydrogen-bond acceptors (Lipinski definition) is 5. The zero-order chi connectivity index (χ0) is 14.7. The lowest BCUT2D eigenvalue weighted by Crippen LogP contribution is -2.23. The van der Waals surface area contributed by atoms with Gasteiger partial charge in [0.15, 0.2) is 5.69 Å². The predicted molar refractivity (Wildman–Crippen MR) is 77.2 cm³/mol. The normalized spacial score (nSPS) is 10.3. The van der Waals surface area contributed by atoms with Crippen molar-refractivity contribution in [3.05, 3.63) is 43.5 Å². The number of carboxylic acid groups (broad SMARTS) is 1. The number of rotatable bonds is 4. The van der Waals surface area contributed by atoms with Crippen molar-refractivity contribution < 1.29 is 14.7 Å². The van der Waals surface area contributed by atoms with E-state index in [-0.39, 0.29) is 23.0 Å². The molecule has 1 amide bonds. The Morgan fingerprint density at radius 1 is 1.50 bits per heavy atom. The minimum Gasteiger partial charge on any atom is -0.476 e. The highest BCUT2D eigenvalue weighted by molar-refractivity contribution is 9.10. The molecule has 2 aromatic heterocycles. The first-order valence-corrected chi connectivity index (χ1v) is 7.29. The van der Waals surface area contributed by atoms with Gasteiger partial charge in [0.05, 0.1) is 12.1 Å². The molecular formula is C11H7BrClN3O3S. The number of nitrogens with zero attached hydrogens (tertiary/aromatic N) is 2. The summed E-state index contributed by atoms with van der Waals surface area (Å²) in [5.41, 5.74) is 0.192. The van der Waals surface area contributed by atoms with Crippen molar-refractivity contribution in [1.82, 2.24) is 15.3 Å². The van der Waals surface area contributed by atoms with Gasteiger partial charge in [-0.25, -0.2) is 14.8 Å². The van der Waals surface area contributed by atoms with Crippen LogP contribution >= 0.6 is 38.9 Å². The number of aromatic nitrogens is 2. The van der Waals surface area contributed by atoms with E-state index < -0.39 is 11.9 Å². The molecule has 6 nitrogen and oxygen atoms in total. The maximum absolute atomic E-state index is 11.9. The minimum absolute atomic E-state index is 0.0404. The zero-order valence-electron chi connectivity index (χ0n) is 9.76. The number of halogens is 2. The predicted octanol–water partition coefficient (Wildman–Crippen LogP) is 2.58. The molecule has 0 saturated heterocycles. The molecule has 9 heteroatoms. The Morgan fingerprint density at radius 2 is 2.25 bits per heavy atom. The van der Waals surface area contributed by atoms with E-state index in [0.717, 1.165) is 11.3 Å². The summed E-state index contributed by atoms with van der Waals surface area (Å²) in [5.74, 6) is -1.51. The summed E-state index contributed by atoms with van der Waals surface area (Å²) in [6.07, 6.45) is 1.49. The summed E-state index contributed by atoms with van der Waals surface area (Å²) in [6.45, 7) is 0.125. The van der Waals surface area contributed by atoms with Crippen molar-refractivity contribution >= 4 is 50.7 Å². The Kier molecular flexibility index (Phi) is 4.69. The second kappa shape index (κ2) is 6.29. The van der Waals surface area contributed by atoms with E-state index in [1.165, 1.54) is 11.6 Å². The summed E-state index contributed by atoms with van der Waals surface area (Å²) in [7, 11) is 0. The first-order valence-electron chi connectivity index (χ1n) is 5.24. The van der Waals surface area contributed by atoms with Crippen molar-refractivity contribution in [2.24, 2.45) is 0 Å². The van der Waals surface area contributed by atoms with Gasteiger partial charge in [-0.1, -0.05) is 11.6 Å². The number of amides is 1. The zero-order valence-corrected chi connectivity index (χ0v) is 12.9. The average Bonchev–Trinajstić information content (AvgIpc) is 2.88. The fraction of sp³-hybridized carbons (Fsp3) is 0.0909. The summed E-state index contributed by atoms with van der Waals surface area (Å²) in [6, 6.07) is 1.55. The van der Waals surface area contributed by atoms with Crippen LogP contribution in [-0.2, 0) is 6.54 Å². The van der Waals surface area contributed by atoms with E-state index in [9.17, 15) is 9.59 Å². The first kappa shape index (κ1) is 14.9. The fourth-order valence-corrected chi connectivity index (χ4v) is 2.55. The molecule has 0 fully saturated rings. The number of hydrogen-bond donors (Lipinski definition) is 2. The Morgan fingerprint density at radius 3 is 2.90 bits per heavy atom. The molecule has 0 saturated carbocycles. The Balaban J connectivity index is 2.04. The van der Waals surface area contributed by atoms with Crippen LogP contribution in [0, 0.1) is 0 Å². The van der Waals surface area contributed by atoms with Crippen LogP contribution in [-0.4, -0.2) is 27.0 Å². The highest BCUT2D eigenvalue weighted by Crippen LogP contribution is 2.18. The van der Waals surface area contributed by atoms with Gasteiger partial charge < -0.3 is 10.4 Å². The average molecular weight is 377 g/mol. The number of aromatic carboxylic acids is 1. The summed E-state index contributed by atoms with van der Waals surface area (Å²) >= 11 is 10.2. The van der Waals surface area contributed by atoms with Crippen molar-refractivity contribution in [1.29, 1.82) is 0 Å². The van der Waals surface area contributed by atoms with Crippen molar-refractivity contribution in [3.8, 4) is 0 Å². The highest BCUT2D eigenvalue weighted by Gasteiger charge is 2.13. The molecule has 0 atom stereocenters. The van der Waals surface area contributed by atoms with Gasteiger partial charge in [0.25, 0.3) is 5.91 Å². The molecule has 0 bridgehead atoms. The maximum atomic E-state index is 11.9. The SMILES string of the molecule is O=C(O)c1csc(CNC(=O)c2cc(Br)cnc2Cl)n1. The number of thiazole rings is 1. The van der Waals surface area contributed by atoms with E-state index in [4.69, 9.17) is 16.7 Å². The van der Waals surface area contributed by atoms with E-state index in [0.29, 0.717) is 9.48 Å². The van der Waals surface area contributed by atoms with E-state index >= 15 is 0 Å². The third kappa shape index (κ3) is 3.53. The van der Waals surface area contributed by atoms with Gasteiger partial charge in [-0.05, 0) is 22.0 Å². The standard InChI is InChI=1S/C11H7BrClN3O3S/c12-5-1-6(9(13)14-2-5)10(17)15-3-8-16-7(4-20-8)11(18)19/h1-2,4H,3H2,(H,15,17)(H,18,19). The molecule has 2 heterocycles. The van der Waals surface area contributed by atoms with Gasteiger partial charge in [0, 0.05) is 16.0 Å². The molecule has 2 rings (SSSR count). The molecule has 2 N–H and O–H groups in total. The molecule has 104 valence electrons. The van der Waals surface area contributed by atoms with Gasteiger partial charge >= 0.3 is 5.97 Å². The lowest BCUT2D eigenvalue weighted by atomic mass is 10.2. The van der Waals surface area contributed by atoms with Crippen molar-refractivity contribution in [2.75, 3.05) is 0 Å². The van der Waals surface area contributed by atoms with E-state index in [1.807, 2.05) is 0 Å². The second-order valence-electron chi connectivity index (χ2n) is 3.61. The van der Waals surface area contributed by atoms with Gasteiger partial charge in [-0.2, -0.15) is 0 Å². The Labute approximate surface area is 131 Å². The largest absolute Gasteiger partial charge is 0.476 e. The molecule has 20 heavy (non-hydrogen) atoms. The smallest absolute Gasteiger partial charge is 0.355 e. The quantitative estimate of drug-likeness (QED) is 0.800. The number of carboxylic acids is 1. The molecule has 0 aromatic carbocycles. The monoisotopic (exact) mass is 375 g/mol. The molecule has 0 unspecified atom stereocenters. The third-order valence-corrected chi connectivity index (χ3v) is 3.81. The van der Waals surface area contributed by atoms with Crippen LogP contribution in [0.1, 0.15) is 25.9 Å². The number of carbonyl (C=O) groups is 2. The topological polar surface area (TPSA) is 92.2 Å². The van der Waals surface area contributed by atoms with E-state index in [1.54, 1.807) is 6.07 Å². The van der Waals surface area contributed by atoms with Crippen LogP contribution in [0.5, 0.6) is 0 Å². The number of carbonyl (C=O) groups excluding carboxylic acids is 1. The minimum atomic E-state index is -1.10. The molecular weight excluding hydrogens is 370 g/mol. The molecule has 0 aliphatic carbocycles. The Bertz CT molecular complexity index is 677. The number of pyridine rings is 1. The van der Waals surface area contributed by atoms with Crippen LogP contribution < -0.4 is 5.32 Å². The second-order valence-corrected chi connectivity index (χ2v) is 5.82. The molecule has 0 aliphatic heterocycles. The highest BCUT2D eigenvalue weighted by atomic mass is 79.9. The van der Waals surface area contributed by atoms with Gasteiger partial charge in [0.1, 0.15) is 10.2 Å². The third-order valence-electron chi connectivity index (χ3n) is 2.22. The first-order chi connectivity index (χ1) is 9.47. The van der Waals surface area contributed by atoms with Crippen molar-refractivity contribution in [2.45, 2.75) is 6.54 Å². The molecule has 0 spiro atoms. The summed E-state index contributed by atoms with van der Waals surface area (Å²) < 4.78 is 0.634. The Hall–Kier alpha value is -1.51. The summed E-state index contributed by atoms with van der Waals surface area (Å²) in [5, 5.41) is 13.4. The lowest BCUT2D eigenvalue weighted by Gasteiger charge is -2.05. The fourth-order valence-electron chi connectivity index (χ4n) is 1.32. The molecule has 2 aromatic rings. The van der Waals surface area contributed by atoms with Crippen LogP contribution in [0.25, 0.3) is 0 Å². The van der Waals surface area contributed by atoms with E-state index in [2.05, 4.69) is 31.2 Å². The summed E-state index contributed by atoms with van der Waals surface area (Å²) in [4.78, 5) is 30.3. The van der Waals surface area contributed by atoms with Gasteiger partial charge in [-0.3, -0.25) is 4.79 Å². The van der Waals surface area contributed by atoms with Gasteiger partial charge in [-0.15, -0.1) is 11.3 Å². The lowest BCUT2D eigenvalue weighted by molar-refractivity contribution is 0.0691. The molecule has 0 radical (unpaired) electrons. The van der Waals surface area contributed by atoms with Crippen molar-refractivity contribution in [3.63, 3.8) is 0 Å². The van der Waals surface area contributed by atoms with Crippen LogP contribution in [0.4, 0.5) is 0 Å². The molecule has 0 aliphatic rings. The maximum Gasteiger partial charge on any atom is 0.355 e.